The zero-order chi connectivity index (χ0) is 9.14. The highest BCUT2D eigenvalue weighted by molar-refractivity contribution is 5.85. The summed E-state index contributed by atoms with van der Waals surface area (Å²) >= 11 is 0. The van der Waals surface area contributed by atoms with Crippen LogP contribution in [-0.4, -0.2) is 35.1 Å². The van der Waals surface area contributed by atoms with Crippen molar-refractivity contribution in [3.05, 3.63) is 0 Å². The molecule has 1 heterocycles. The van der Waals surface area contributed by atoms with Crippen molar-refractivity contribution in [1.82, 2.24) is 4.90 Å². The Labute approximate surface area is 85.5 Å². The topological polar surface area (TPSA) is 40.5 Å². The van der Waals surface area contributed by atoms with Gasteiger partial charge in [0.25, 0.3) is 0 Å². The van der Waals surface area contributed by atoms with Crippen molar-refractivity contribution in [2.75, 3.05) is 13.1 Å². The van der Waals surface area contributed by atoms with Gasteiger partial charge in [-0.3, -0.25) is 9.69 Å². The van der Waals surface area contributed by atoms with Crippen molar-refractivity contribution >= 4 is 18.4 Å². The van der Waals surface area contributed by atoms with Crippen LogP contribution >= 0.6 is 12.4 Å². The molecule has 1 fully saturated rings. The number of likely N-dealkylation sites (tertiary alicyclic amines) is 1. The van der Waals surface area contributed by atoms with Gasteiger partial charge in [-0.25, -0.2) is 0 Å². The number of carboxylic acid groups (broad SMARTS) is 1. The summed E-state index contributed by atoms with van der Waals surface area (Å²) in [5.41, 5.74) is 0. The molecule has 1 saturated heterocycles. The molecule has 13 heavy (non-hydrogen) atoms. The third-order valence-electron chi connectivity index (χ3n) is 2.66. The van der Waals surface area contributed by atoms with Gasteiger partial charge in [0.05, 0.1) is 0 Å². The van der Waals surface area contributed by atoms with Gasteiger partial charge in [0.2, 0.25) is 0 Å². The number of aliphatic carboxylic acids is 1. The second-order valence-corrected chi connectivity index (χ2v) is 3.65. The van der Waals surface area contributed by atoms with E-state index in [1.807, 2.05) is 0 Å². The fraction of sp³-hybridized carbons (Fsp3) is 0.889. The Hall–Kier alpha value is -0.280. The Morgan fingerprint density at radius 2 is 2.31 bits per heavy atom. The molecule has 0 amide bonds. The van der Waals surface area contributed by atoms with Crippen molar-refractivity contribution < 1.29 is 9.90 Å². The lowest BCUT2D eigenvalue weighted by Crippen LogP contribution is -2.53. The van der Waals surface area contributed by atoms with Crippen LogP contribution in [0.3, 0.4) is 0 Å². The summed E-state index contributed by atoms with van der Waals surface area (Å²) in [4.78, 5) is 12.7. The minimum atomic E-state index is -0.662. The zero-order valence-corrected chi connectivity index (χ0v) is 9.01. The number of carbonyl (C=O) groups is 1. The molecule has 4 heteroatoms. The first-order valence-corrected chi connectivity index (χ1v) is 4.62. The lowest BCUT2D eigenvalue weighted by atomic mass is 9.99. The van der Waals surface area contributed by atoms with Crippen molar-refractivity contribution in [2.24, 2.45) is 5.92 Å². The predicted octanol–water partition coefficient (Wildman–Crippen LogP) is 1.61. The largest absolute Gasteiger partial charge is 0.480 e. The number of nitrogens with zero attached hydrogens (tertiary/aromatic N) is 1. The number of carboxylic acids is 1. The highest BCUT2D eigenvalue weighted by Gasteiger charge is 2.33. The highest BCUT2D eigenvalue weighted by Crippen LogP contribution is 2.19. The van der Waals surface area contributed by atoms with E-state index in [4.69, 9.17) is 5.11 Å². The number of rotatable bonds is 4. The van der Waals surface area contributed by atoms with Crippen LogP contribution < -0.4 is 0 Å². The molecule has 3 nitrogen and oxygen atoms in total. The molecule has 2 atom stereocenters. The average molecular weight is 208 g/mol. The first-order valence-electron chi connectivity index (χ1n) is 4.62. The molecule has 2 unspecified atom stereocenters. The predicted molar refractivity (Wildman–Crippen MR) is 54.3 cm³/mol. The third-order valence-corrected chi connectivity index (χ3v) is 2.66. The van der Waals surface area contributed by atoms with E-state index in [2.05, 4.69) is 18.7 Å². The second-order valence-electron chi connectivity index (χ2n) is 3.65. The number of hydrogen-bond donors (Lipinski definition) is 1. The number of halogens is 1. The minimum Gasteiger partial charge on any atom is -0.480 e. The zero-order valence-electron chi connectivity index (χ0n) is 8.19. The van der Waals surface area contributed by atoms with Gasteiger partial charge in [-0.05, 0) is 12.3 Å². The fourth-order valence-electron chi connectivity index (χ4n) is 1.47. The van der Waals surface area contributed by atoms with E-state index in [0.29, 0.717) is 5.92 Å². The standard InChI is InChI=1S/C9H17NO2.ClH/c1-3-7(2)6-10-5-4-8(10)9(11)12;/h7-8H,3-6H2,1-2H3,(H,11,12);1H. The summed E-state index contributed by atoms with van der Waals surface area (Å²) in [6.45, 7) is 6.20. The first-order chi connectivity index (χ1) is 5.65. The molecule has 1 rings (SSSR count). The molecule has 0 saturated carbocycles. The normalized spacial score (nSPS) is 24.3. The first kappa shape index (κ1) is 12.7. The maximum Gasteiger partial charge on any atom is 0.320 e. The molecule has 0 spiro atoms. The molecule has 1 aliphatic heterocycles. The van der Waals surface area contributed by atoms with E-state index in [1.165, 1.54) is 0 Å². The van der Waals surface area contributed by atoms with Crippen LogP contribution in [0.1, 0.15) is 26.7 Å². The highest BCUT2D eigenvalue weighted by atomic mass is 35.5. The number of hydrogen-bond acceptors (Lipinski definition) is 2. The van der Waals surface area contributed by atoms with E-state index in [0.717, 1.165) is 25.9 Å². The lowest BCUT2D eigenvalue weighted by Gasteiger charge is -2.39. The van der Waals surface area contributed by atoms with Gasteiger partial charge in [0.1, 0.15) is 6.04 Å². The van der Waals surface area contributed by atoms with Crippen molar-refractivity contribution in [2.45, 2.75) is 32.7 Å². The summed E-state index contributed by atoms with van der Waals surface area (Å²) in [6.07, 6.45) is 1.95. The van der Waals surface area contributed by atoms with E-state index in [-0.39, 0.29) is 18.4 Å². The summed E-state index contributed by atoms with van der Waals surface area (Å²) in [7, 11) is 0. The molecule has 0 bridgehead atoms. The molecule has 1 N–H and O–H groups in total. The van der Waals surface area contributed by atoms with Gasteiger partial charge in [-0.2, -0.15) is 0 Å². The third kappa shape index (κ3) is 3.16. The molecular weight excluding hydrogens is 190 g/mol. The van der Waals surface area contributed by atoms with Gasteiger partial charge < -0.3 is 5.11 Å². The summed E-state index contributed by atoms with van der Waals surface area (Å²) in [5.74, 6) is -0.0447. The summed E-state index contributed by atoms with van der Waals surface area (Å²) < 4.78 is 0. The van der Waals surface area contributed by atoms with Crippen LogP contribution in [0.5, 0.6) is 0 Å². The van der Waals surface area contributed by atoms with E-state index >= 15 is 0 Å². The Balaban J connectivity index is 0.00000144. The van der Waals surface area contributed by atoms with Gasteiger partial charge in [0, 0.05) is 13.1 Å². The SMILES string of the molecule is CCC(C)CN1CCC1C(=O)O.Cl. The Morgan fingerprint density at radius 3 is 2.62 bits per heavy atom. The second kappa shape index (κ2) is 5.45. The maximum atomic E-state index is 10.6. The Bertz CT molecular complexity index is 175. The van der Waals surface area contributed by atoms with E-state index < -0.39 is 5.97 Å². The van der Waals surface area contributed by atoms with Gasteiger partial charge in [-0.1, -0.05) is 20.3 Å². The van der Waals surface area contributed by atoms with Gasteiger partial charge in [-0.15, -0.1) is 12.4 Å². The molecule has 0 aromatic carbocycles. The molecule has 0 aromatic heterocycles. The van der Waals surface area contributed by atoms with E-state index in [1.54, 1.807) is 0 Å². The van der Waals surface area contributed by atoms with Crippen molar-refractivity contribution in [1.29, 1.82) is 0 Å². The lowest BCUT2D eigenvalue weighted by molar-refractivity contribution is -0.148. The maximum absolute atomic E-state index is 10.6. The van der Waals surface area contributed by atoms with Crippen LogP contribution in [0.2, 0.25) is 0 Å². The van der Waals surface area contributed by atoms with Crippen LogP contribution in [0.4, 0.5) is 0 Å². The minimum absolute atomic E-state index is 0. The molecular formula is C9H18ClNO2. The summed E-state index contributed by atoms with van der Waals surface area (Å²) in [5, 5.41) is 8.75. The molecule has 0 radical (unpaired) electrons. The summed E-state index contributed by atoms with van der Waals surface area (Å²) in [6, 6.07) is -0.195. The van der Waals surface area contributed by atoms with Crippen molar-refractivity contribution in [3.8, 4) is 0 Å². The quantitative estimate of drug-likeness (QED) is 0.762. The van der Waals surface area contributed by atoms with Crippen LogP contribution in [0.25, 0.3) is 0 Å². The molecule has 78 valence electrons. The fourth-order valence-corrected chi connectivity index (χ4v) is 1.47. The van der Waals surface area contributed by atoms with Gasteiger partial charge in [0.15, 0.2) is 0 Å². The smallest absolute Gasteiger partial charge is 0.320 e. The van der Waals surface area contributed by atoms with Gasteiger partial charge >= 0.3 is 5.97 Å². The van der Waals surface area contributed by atoms with Crippen molar-refractivity contribution in [3.63, 3.8) is 0 Å². The van der Waals surface area contributed by atoms with Crippen LogP contribution in [0, 0.1) is 5.92 Å². The monoisotopic (exact) mass is 207 g/mol. The van der Waals surface area contributed by atoms with E-state index in [9.17, 15) is 4.79 Å². The van der Waals surface area contributed by atoms with Crippen LogP contribution in [-0.2, 0) is 4.79 Å². The Morgan fingerprint density at radius 1 is 1.69 bits per heavy atom. The molecule has 0 aromatic rings. The molecule has 1 aliphatic rings. The Kier molecular flexibility index (Phi) is 5.33. The van der Waals surface area contributed by atoms with Crippen LogP contribution in [0.15, 0.2) is 0 Å². The average Bonchev–Trinajstić information content (AvgIpc) is 1.96. The molecule has 0 aliphatic carbocycles.